The third kappa shape index (κ3) is 5.13. The van der Waals surface area contributed by atoms with Gasteiger partial charge in [0, 0.05) is 46.8 Å². The van der Waals surface area contributed by atoms with Gasteiger partial charge in [-0.1, -0.05) is 17.3 Å². The Morgan fingerprint density at radius 2 is 1.78 bits per heavy atom. The Kier molecular flexibility index (Phi) is 7.93. The molecule has 1 saturated heterocycles. The number of methoxy groups -OCH3 is 1. The van der Waals surface area contributed by atoms with Gasteiger partial charge in [-0.15, -0.1) is 0 Å². The monoisotopic (exact) mass is 444 g/mol. The molecular weight excluding hydrogens is 412 g/mol. The average molecular weight is 445 g/mol. The lowest BCUT2D eigenvalue weighted by Gasteiger charge is -2.36. The number of para-hydroxylation sites is 2. The second-order valence-electron chi connectivity index (χ2n) is 7.67. The highest BCUT2D eigenvalue weighted by Crippen LogP contribution is 2.28. The Morgan fingerprint density at radius 1 is 1.06 bits per heavy atom. The molecule has 2 heterocycles. The van der Waals surface area contributed by atoms with Gasteiger partial charge in [0.25, 0.3) is 5.56 Å². The normalized spacial score (nSPS) is 14.7. The lowest BCUT2D eigenvalue weighted by atomic mass is 10.2. The van der Waals surface area contributed by atoms with Gasteiger partial charge in [-0.3, -0.25) is 18.8 Å². The fourth-order valence-electron chi connectivity index (χ4n) is 3.92. The summed E-state index contributed by atoms with van der Waals surface area (Å²) >= 11 is 0. The maximum Gasteiger partial charge on any atom is 0.332 e. The van der Waals surface area contributed by atoms with Gasteiger partial charge >= 0.3 is 5.69 Å². The highest BCUT2D eigenvalue weighted by Gasteiger charge is 2.19. The Labute approximate surface area is 187 Å². The van der Waals surface area contributed by atoms with Crippen molar-refractivity contribution in [3.05, 3.63) is 50.7 Å². The van der Waals surface area contributed by atoms with E-state index in [4.69, 9.17) is 9.57 Å². The van der Waals surface area contributed by atoms with Gasteiger partial charge < -0.3 is 19.8 Å². The average Bonchev–Trinajstić information content (AvgIpc) is 2.83. The van der Waals surface area contributed by atoms with E-state index in [9.17, 15) is 9.59 Å². The predicted molar refractivity (Wildman–Crippen MR) is 126 cm³/mol. The smallest absolute Gasteiger partial charge is 0.332 e. The van der Waals surface area contributed by atoms with Crippen LogP contribution < -0.4 is 26.2 Å². The highest BCUT2D eigenvalue weighted by molar-refractivity contribution is 5.85. The summed E-state index contributed by atoms with van der Waals surface area (Å²) < 4.78 is 7.97. The third-order valence-corrected chi connectivity index (χ3v) is 5.73. The maximum atomic E-state index is 12.5. The molecule has 1 fully saturated rings. The molecular formula is C22H32N6O4. The van der Waals surface area contributed by atoms with Gasteiger partial charge in [0.1, 0.15) is 24.2 Å². The molecule has 10 heteroatoms. The first-order valence-electron chi connectivity index (χ1n) is 10.7. The number of nitrogens with zero attached hydrogens (tertiary/aromatic N) is 5. The SMILES string of the molecule is CON=Cc1c(NCCCN2CCN(c3ccccc3OC)CC2)n(C)c(=O)n(C)c1=O. The number of rotatable bonds is 9. The van der Waals surface area contributed by atoms with Crippen molar-refractivity contribution in [3.63, 3.8) is 0 Å². The number of aromatic nitrogens is 2. The second-order valence-corrected chi connectivity index (χ2v) is 7.67. The summed E-state index contributed by atoms with van der Waals surface area (Å²) in [5.41, 5.74) is 0.624. The van der Waals surface area contributed by atoms with Crippen LogP contribution >= 0.6 is 0 Å². The van der Waals surface area contributed by atoms with Crippen molar-refractivity contribution in [3.8, 4) is 5.75 Å². The second kappa shape index (κ2) is 10.9. The van der Waals surface area contributed by atoms with E-state index in [0.29, 0.717) is 17.9 Å². The molecule has 2 aromatic rings. The molecule has 0 saturated carbocycles. The number of nitrogens with one attached hydrogen (secondary N) is 1. The molecule has 0 radical (unpaired) electrons. The van der Waals surface area contributed by atoms with Crippen LogP contribution in [-0.2, 0) is 18.9 Å². The van der Waals surface area contributed by atoms with E-state index in [2.05, 4.69) is 26.3 Å². The minimum Gasteiger partial charge on any atom is -0.495 e. The van der Waals surface area contributed by atoms with E-state index in [1.807, 2.05) is 18.2 Å². The molecule has 0 spiro atoms. The summed E-state index contributed by atoms with van der Waals surface area (Å²) in [7, 11) is 6.19. The fourth-order valence-corrected chi connectivity index (χ4v) is 3.92. The van der Waals surface area contributed by atoms with Crippen molar-refractivity contribution in [2.45, 2.75) is 6.42 Å². The number of anilines is 2. The number of ether oxygens (including phenoxy) is 1. The molecule has 1 N–H and O–H groups in total. The van der Waals surface area contributed by atoms with Crippen molar-refractivity contribution in [2.24, 2.45) is 19.3 Å². The van der Waals surface area contributed by atoms with E-state index < -0.39 is 5.56 Å². The molecule has 0 amide bonds. The quantitative estimate of drug-likeness (QED) is 0.346. The number of hydrogen-bond donors (Lipinski definition) is 1. The Bertz CT molecular complexity index is 1050. The van der Waals surface area contributed by atoms with Crippen LogP contribution in [0.3, 0.4) is 0 Å². The van der Waals surface area contributed by atoms with Gasteiger partial charge in [0.2, 0.25) is 0 Å². The standard InChI is InChI=1S/C22H32N6O4/c1-25-20(17(16-24-32-4)21(29)26(2)22(25)30)23-10-7-11-27-12-14-28(15-13-27)18-8-5-6-9-19(18)31-3/h5-6,8-9,16,23H,7,10-15H2,1-4H3. The molecule has 1 aliphatic heterocycles. The Balaban J connectivity index is 1.55. The first-order chi connectivity index (χ1) is 15.5. The van der Waals surface area contributed by atoms with Crippen LogP contribution in [0.15, 0.2) is 39.0 Å². The van der Waals surface area contributed by atoms with Crippen LogP contribution in [0.2, 0.25) is 0 Å². The van der Waals surface area contributed by atoms with Crippen molar-refractivity contribution in [1.82, 2.24) is 14.0 Å². The van der Waals surface area contributed by atoms with Crippen molar-refractivity contribution >= 4 is 17.7 Å². The zero-order valence-electron chi connectivity index (χ0n) is 19.2. The lowest BCUT2D eigenvalue weighted by molar-refractivity contribution is 0.215. The summed E-state index contributed by atoms with van der Waals surface area (Å²) in [5.74, 6) is 1.34. The minimum absolute atomic E-state index is 0.293. The molecule has 1 aromatic carbocycles. The molecule has 10 nitrogen and oxygen atoms in total. The van der Waals surface area contributed by atoms with Crippen LogP contribution in [0, 0.1) is 0 Å². The van der Waals surface area contributed by atoms with Crippen molar-refractivity contribution < 1.29 is 9.57 Å². The Hall–Kier alpha value is -3.27. The number of benzene rings is 1. The number of piperazine rings is 1. The number of hydrogen-bond acceptors (Lipinski definition) is 8. The first-order valence-corrected chi connectivity index (χ1v) is 10.7. The van der Waals surface area contributed by atoms with Crippen LogP contribution in [0.4, 0.5) is 11.5 Å². The molecule has 1 aliphatic rings. The molecule has 1 aromatic heterocycles. The maximum absolute atomic E-state index is 12.5. The van der Waals surface area contributed by atoms with Crippen molar-refractivity contribution in [2.75, 3.05) is 63.7 Å². The minimum atomic E-state index is -0.413. The summed E-state index contributed by atoms with van der Waals surface area (Å²) in [6.07, 6.45) is 2.21. The van der Waals surface area contributed by atoms with Gasteiger partial charge in [0.15, 0.2) is 0 Å². The van der Waals surface area contributed by atoms with Gasteiger partial charge in [-0.05, 0) is 25.1 Å². The Morgan fingerprint density at radius 3 is 2.47 bits per heavy atom. The number of oxime groups is 1. The van der Waals surface area contributed by atoms with E-state index in [0.717, 1.165) is 55.1 Å². The lowest BCUT2D eigenvalue weighted by Crippen LogP contribution is -2.47. The zero-order valence-corrected chi connectivity index (χ0v) is 19.2. The largest absolute Gasteiger partial charge is 0.495 e. The summed E-state index contributed by atoms with van der Waals surface area (Å²) in [6, 6.07) is 8.10. The molecule has 0 atom stereocenters. The van der Waals surface area contributed by atoms with E-state index in [1.54, 1.807) is 14.2 Å². The highest BCUT2D eigenvalue weighted by atomic mass is 16.6. The molecule has 174 valence electrons. The van der Waals surface area contributed by atoms with Crippen LogP contribution in [0.1, 0.15) is 12.0 Å². The molecule has 0 bridgehead atoms. The van der Waals surface area contributed by atoms with Gasteiger partial charge in [-0.2, -0.15) is 0 Å². The summed E-state index contributed by atoms with van der Waals surface area (Å²) in [4.78, 5) is 34.3. The van der Waals surface area contributed by atoms with Gasteiger partial charge in [0.05, 0.1) is 19.0 Å². The van der Waals surface area contributed by atoms with Gasteiger partial charge in [-0.25, -0.2) is 4.79 Å². The van der Waals surface area contributed by atoms with E-state index in [-0.39, 0.29) is 5.69 Å². The summed E-state index contributed by atoms with van der Waals surface area (Å²) in [6.45, 7) is 5.36. The van der Waals surface area contributed by atoms with E-state index >= 15 is 0 Å². The first kappa shape index (κ1) is 23.4. The molecule has 32 heavy (non-hydrogen) atoms. The topological polar surface area (TPSA) is 93.3 Å². The fraction of sp³-hybridized carbons (Fsp3) is 0.500. The predicted octanol–water partition coefficient (Wildman–Crippen LogP) is 0.697. The summed E-state index contributed by atoms with van der Waals surface area (Å²) in [5, 5.41) is 6.94. The molecule has 3 rings (SSSR count). The molecule has 0 unspecified atom stereocenters. The van der Waals surface area contributed by atoms with Crippen LogP contribution in [0.25, 0.3) is 0 Å². The van der Waals surface area contributed by atoms with Crippen LogP contribution in [-0.4, -0.2) is 73.7 Å². The molecule has 0 aliphatic carbocycles. The zero-order chi connectivity index (χ0) is 23.1. The van der Waals surface area contributed by atoms with Crippen LogP contribution in [0.5, 0.6) is 5.75 Å². The third-order valence-electron chi connectivity index (χ3n) is 5.73. The van der Waals surface area contributed by atoms with Crippen molar-refractivity contribution in [1.29, 1.82) is 0 Å². The van der Waals surface area contributed by atoms with E-state index in [1.165, 1.54) is 24.9 Å².